The molecule has 0 saturated carbocycles. The third kappa shape index (κ3) is 7.37. The number of hydroxylamine groups is 3. The average molecular weight is 481 g/mol. The van der Waals surface area contributed by atoms with Gasteiger partial charge in [-0.2, -0.15) is 0 Å². The van der Waals surface area contributed by atoms with Gasteiger partial charge in [0.05, 0.1) is 0 Å². The minimum Gasteiger partial charge on any atom is -0.754 e. The van der Waals surface area contributed by atoms with Crippen molar-refractivity contribution in [3.05, 3.63) is 132 Å². The molecule has 36 heavy (non-hydrogen) atoms. The molecule has 0 spiro atoms. The summed E-state index contributed by atoms with van der Waals surface area (Å²) in [6, 6.07) is 34.6. The Bertz CT molecular complexity index is 1210. The van der Waals surface area contributed by atoms with Gasteiger partial charge in [0, 0.05) is 44.4 Å². The fraction of sp³-hybridized carbons (Fsp3) is 0.133. The Morgan fingerprint density at radius 3 is 1.86 bits per heavy atom. The Hall–Kier alpha value is -4.26. The Morgan fingerprint density at radius 1 is 0.639 bits per heavy atom. The number of hydrogen-bond donors (Lipinski definition) is 0. The van der Waals surface area contributed by atoms with E-state index in [2.05, 4.69) is 12.1 Å². The highest BCUT2D eigenvalue weighted by Gasteiger charge is 2.04. The van der Waals surface area contributed by atoms with Crippen LogP contribution in [0.3, 0.4) is 0 Å². The summed E-state index contributed by atoms with van der Waals surface area (Å²) in [6.45, 7) is 0.785. The molecule has 0 unspecified atom stereocenters. The molecule has 0 saturated heterocycles. The van der Waals surface area contributed by atoms with Crippen LogP contribution in [0.5, 0.6) is 17.2 Å². The van der Waals surface area contributed by atoms with Crippen molar-refractivity contribution < 1.29 is 9.57 Å². The minimum atomic E-state index is 0.516. The zero-order valence-corrected chi connectivity index (χ0v) is 20.5. The van der Waals surface area contributed by atoms with Crippen LogP contribution in [0.15, 0.2) is 122 Å². The van der Waals surface area contributed by atoms with E-state index >= 15 is 0 Å². The molecule has 6 nitrogen and oxygen atoms in total. The smallest absolute Gasteiger partial charge is 0.147 e. The van der Waals surface area contributed by atoms with Gasteiger partial charge >= 0.3 is 0 Å². The predicted octanol–water partition coefficient (Wildman–Crippen LogP) is 6.86. The first kappa shape index (κ1) is 24.9. The molecule has 0 aliphatic carbocycles. The molecule has 0 N–H and O–H groups in total. The standard InChI is InChI=1S/C30H30N3O3/c1-31(23-24-33(34)27-15-17-29(18-16-27)35-28-11-7-4-8-12-28)26-13-19-30(20-14-26)36-32(2)22-21-25-9-5-3-6-10-25/h3-20,23-24H,21-22H2,1-2H3/q-1/b24-23-. The second-order valence-electron chi connectivity index (χ2n) is 8.32. The monoisotopic (exact) mass is 480 g/mol. The molecule has 0 radical (unpaired) electrons. The maximum absolute atomic E-state index is 12.5. The van der Waals surface area contributed by atoms with Crippen molar-refractivity contribution in [1.82, 2.24) is 5.06 Å². The Labute approximate surface area is 212 Å². The summed E-state index contributed by atoms with van der Waals surface area (Å²) in [4.78, 5) is 7.78. The van der Waals surface area contributed by atoms with Crippen molar-refractivity contribution in [2.24, 2.45) is 0 Å². The number of hydrogen-bond acceptors (Lipinski definition) is 6. The van der Waals surface area contributed by atoms with E-state index in [1.54, 1.807) is 30.5 Å². The molecule has 0 fully saturated rings. The van der Waals surface area contributed by atoms with Gasteiger partial charge in [0.2, 0.25) is 0 Å². The fourth-order valence-electron chi connectivity index (χ4n) is 3.52. The SMILES string of the molecule is CN(CCc1ccccc1)Oc1ccc(N(C)/C=C\N([O-])c2ccc(Oc3ccccc3)cc2)cc1. The first-order valence-electron chi connectivity index (χ1n) is 11.8. The number of likely N-dealkylation sites (N-methyl/N-ethyl adjacent to an activating group) is 1. The van der Waals surface area contributed by atoms with Gasteiger partial charge in [-0.15, -0.1) is 5.06 Å². The van der Waals surface area contributed by atoms with Crippen molar-refractivity contribution in [3.63, 3.8) is 0 Å². The molecular formula is C30H30N3O3-. The van der Waals surface area contributed by atoms with Gasteiger partial charge in [-0.3, -0.25) is 0 Å². The molecule has 0 atom stereocenters. The Morgan fingerprint density at radius 2 is 1.19 bits per heavy atom. The first-order valence-corrected chi connectivity index (χ1v) is 11.8. The lowest BCUT2D eigenvalue weighted by Crippen LogP contribution is -2.25. The third-order valence-corrected chi connectivity index (χ3v) is 5.56. The van der Waals surface area contributed by atoms with Crippen LogP contribution in [-0.2, 0) is 6.42 Å². The van der Waals surface area contributed by atoms with E-state index in [9.17, 15) is 5.21 Å². The number of para-hydroxylation sites is 1. The summed E-state index contributed by atoms with van der Waals surface area (Å²) in [5.74, 6) is 2.18. The maximum Gasteiger partial charge on any atom is 0.147 e. The second kappa shape index (κ2) is 12.4. The van der Waals surface area contributed by atoms with Crippen molar-refractivity contribution >= 4 is 11.4 Å². The van der Waals surface area contributed by atoms with E-state index in [-0.39, 0.29) is 0 Å². The number of ether oxygens (including phenoxy) is 1. The van der Waals surface area contributed by atoms with Crippen LogP contribution >= 0.6 is 0 Å². The zero-order chi connectivity index (χ0) is 25.2. The van der Waals surface area contributed by atoms with E-state index < -0.39 is 0 Å². The summed E-state index contributed by atoms with van der Waals surface area (Å²) in [6.07, 6.45) is 4.12. The molecule has 4 aromatic rings. The zero-order valence-electron chi connectivity index (χ0n) is 20.5. The predicted molar refractivity (Wildman–Crippen MR) is 146 cm³/mol. The summed E-state index contributed by atoms with van der Waals surface area (Å²) in [7, 11) is 3.82. The molecule has 0 bridgehead atoms. The van der Waals surface area contributed by atoms with Gasteiger partial charge in [-0.25, -0.2) is 0 Å². The maximum atomic E-state index is 12.5. The molecular weight excluding hydrogens is 450 g/mol. The van der Waals surface area contributed by atoms with Crippen LogP contribution in [0.4, 0.5) is 11.4 Å². The van der Waals surface area contributed by atoms with Gasteiger partial charge < -0.3 is 24.7 Å². The molecule has 0 aliphatic rings. The van der Waals surface area contributed by atoms with E-state index in [4.69, 9.17) is 9.57 Å². The summed E-state index contributed by atoms with van der Waals surface area (Å²) < 4.78 is 5.78. The Kier molecular flexibility index (Phi) is 8.59. The van der Waals surface area contributed by atoms with Gasteiger partial charge in [0.1, 0.15) is 17.2 Å². The summed E-state index contributed by atoms with van der Waals surface area (Å²) >= 11 is 0. The molecule has 0 aromatic heterocycles. The van der Waals surface area contributed by atoms with Crippen LogP contribution in [0, 0.1) is 5.21 Å². The van der Waals surface area contributed by atoms with Crippen molar-refractivity contribution in [1.29, 1.82) is 0 Å². The summed E-state index contributed by atoms with van der Waals surface area (Å²) in [5, 5.41) is 15.2. The number of nitrogens with zero attached hydrogens (tertiary/aromatic N) is 3. The molecule has 4 rings (SSSR count). The van der Waals surface area contributed by atoms with Crippen LogP contribution in [0.1, 0.15) is 5.56 Å². The summed E-state index contributed by atoms with van der Waals surface area (Å²) in [5.41, 5.74) is 2.73. The lowest BCUT2D eigenvalue weighted by Gasteiger charge is -2.27. The molecule has 0 heterocycles. The third-order valence-electron chi connectivity index (χ3n) is 5.56. The fourth-order valence-corrected chi connectivity index (χ4v) is 3.52. The lowest BCUT2D eigenvalue weighted by molar-refractivity contribution is -0.0303. The van der Waals surface area contributed by atoms with E-state index in [1.807, 2.05) is 96.9 Å². The molecule has 6 heteroatoms. The van der Waals surface area contributed by atoms with Crippen LogP contribution < -0.4 is 19.5 Å². The number of benzene rings is 4. The lowest BCUT2D eigenvalue weighted by atomic mass is 10.1. The van der Waals surface area contributed by atoms with E-state index in [0.717, 1.165) is 35.2 Å². The highest BCUT2D eigenvalue weighted by Crippen LogP contribution is 2.25. The van der Waals surface area contributed by atoms with Crippen molar-refractivity contribution in [3.8, 4) is 17.2 Å². The first-order chi connectivity index (χ1) is 17.6. The normalized spacial score (nSPS) is 11.0. The number of anilines is 2. The second-order valence-corrected chi connectivity index (χ2v) is 8.32. The van der Waals surface area contributed by atoms with Gasteiger partial charge in [-0.1, -0.05) is 48.5 Å². The highest BCUT2D eigenvalue weighted by atomic mass is 16.7. The average Bonchev–Trinajstić information content (AvgIpc) is 2.92. The van der Waals surface area contributed by atoms with Gasteiger partial charge in [0.25, 0.3) is 0 Å². The van der Waals surface area contributed by atoms with Gasteiger partial charge in [0.15, 0.2) is 0 Å². The minimum absolute atomic E-state index is 0.516. The van der Waals surface area contributed by atoms with Gasteiger partial charge in [-0.05, 0) is 72.6 Å². The van der Waals surface area contributed by atoms with Crippen molar-refractivity contribution in [2.45, 2.75) is 6.42 Å². The quantitative estimate of drug-likeness (QED) is 0.219. The van der Waals surface area contributed by atoms with E-state index in [1.165, 1.54) is 11.8 Å². The Balaban J connectivity index is 1.26. The topological polar surface area (TPSA) is 51.2 Å². The molecule has 0 amide bonds. The molecule has 0 aliphatic heterocycles. The largest absolute Gasteiger partial charge is 0.754 e. The van der Waals surface area contributed by atoms with Crippen molar-refractivity contribution in [2.75, 3.05) is 30.6 Å². The van der Waals surface area contributed by atoms with E-state index in [0.29, 0.717) is 11.4 Å². The highest BCUT2D eigenvalue weighted by molar-refractivity contribution is 5.55. The number of rotatable bonds is 11. The molecule has 4 aromatic carbocycles. The van der Waals surface area contributed by atoms with Crippen LogP contribution in [0.2, 0.25) is 0 Å². The molecule has 184 valence electrons. The van der Waals surface area contributed by atoms with Crippen LogP contribution in [-0.4, -0.2) is 25.7 Å². The van der Waals surface area contributed by atoms with Crippen LogP contribution in [0.25, 0.3) is 0 Å².